The summed E-state index contributed by atoms with van der Waals surface area (Å²) in [7, 11) is 0. The molecule has 0 saturated heterocycles. The second kappa shape index (κ2) is 6.00. The summed E-state index contributed by atoms with van der Waals surface area (Å²) >= 11 is 1.42. The zero-order valence-corrected chi connectivity index (χ0v) is 13.9. The summed E-state index contributed by atoms with van der Waals surface area (Å²) < 4.78 is 5.56. The second-order valence-corrected chi connectivity index (χ2v) is 6.56. The first-order valence-corrected chi connectivity index (χ1v) is 8.08. The van der Waals surface area contributed by atoms with Gasteiger partial charge in [0.15, 0.2) is 11.2 Å². The fraction of sp³-hybridized carbons (Fsp3) is 0.312. The van der Waals surface area contributed by atoms with Gasteiger partial charge in [0, 0.05) is 4.88 Å². The Morgan fingerprint density at radius 1 is 1.39 bits per heavy atom. The molecule has 0 saturated carbocycles. The molecule has 120 valence electrons. The lowest BCUT2D eigenvalue weighted by molar-refractivity contribution is -0.127. The molecule has 0 bridgehead atoms. The molecule has 2 aromatic rings. The number of hydrogen-bond donors (Lipinski definition) is 1. The van der Waals surface area contributed by atoms with Crippen molar-refractivity contribution >= 4 is 34.0 Å². The standard InChI is InChI=1S/C16H17N3O3S/c1-9-11(3)23-16(17-9)18-14(20)8-19-12-6-4-5-7-13(12)22-10(2)15(19)21/h4-7,10H,8H2,1-3H3,(H,17,18,20). The quantitative estimate of drug-likeness (QED) is 0.938. The zero-order valence-electron chi connectivity index (χ0n) is 13.1. The third-order valence-electron chi connectivity index (χ3n) is 3.65. The summed E-state index contributed by atoms with van der Waals surface area (Å²) in [6, 6.07) is 7.20. The second-order valence-electron chi connectivity index (χ2n) is 5.36. The molecule has 7 heteroatoms. The van der Waals surface area contributed by atoms with E-state index in [9.17, 15) is 9.59 Å². The number of fused-ring (bicyclic) bond motifs is 1. The van der Waals surface area contributed by atoms with Crippen molar-refractivity contribution < 1.29 is 14.3 Å². The van der Waals surface area contributed by atoms with Crippen molar-refractivity contribution in [1.29, 1.82) is 0 Å². The lowest BCUT2D eigenvalue weighted by atomic mass is 10.2. The maximum Gasteiger partial charge on any atom is 0.268 e. The highest BCUT2D eigenvalue weighted by Gasteiger charge is 2.32. The van der Waals surface area contributed by atoms with Crippen LogP contribution in [0.4, 0.5) is 10.8 Å². The van der Waals surface area contributed by atoms with Crippen LogP contribution in [0.15, 0.2) is 24.3 Å². The molecule has 1 N–H and O–H groups in total. The van der Waals surface area contributed by atoms with Gasteiger partial charge in [-0.3, -0.25) is 14.5 Å². The number of nitrogens with one attached hydrogen (secondary N) is 1. The van der Waals surface area contributed by atoms with Gasteiger partial charge < -0.3 is 10.1 Å². The molecular weight excluding hydrogens is 314 g/mol. The molecule has 2 heterocycles. The van der Waals surface area contributed by atoms with Gasteiger partial charge in [-0.1, -0.05) is 12.1 Å². The summed E-state index contributed by atoms with van der Waals surface area (Å²) in [5, 5.41) is 3.30. The normalized spacial score (nSPS) is 16.7. The Morgan fingerprint density at radius 2 is 2.13 bits per heavy atom. The number of aryl methyl sites for hydroxylation is 2. The van der Waals surface area contributed by atoms with Crippen LogP contribution in [0.3, 0.4) is 0 Å². The van der Waals surface area contributed by atoms with E-state index in [1.807, 2.05) is 26.0 Å². The van der Waals surface area contributed by atoms with Crippen LogP contribution < -0.4 is 15.0 Å². The summed E-state index contributed by atoms with van der Waals surface area (Å²) in [6.45, 7) is 5.45. The predicted molar refractivity (Wildman–Crippen MR) is 89.1 cm³/mol. The Balaban J connectivity index is 1.78. The number of nitrogens with zero attached hydrogens (tertiary/aromatic N) is 2. The Labute approximate surface area is 138 Å². The molecule has 1 aliphatic rings. The summed E-state index contributed by atoms with van der Waals surface area (Å²) in [6.07, 6.45) is -0.609. The van der Waals surface area contributed by atoms with E-state index in [0.717, 1.165) is 10.6 Å². The summed E-state index contributed by atoms with van der Waals surface area (Å²) in [4.78, 5) is 31.4. The van der Waals surface area contributed by atoms with E-state index in [1.165, 1.54) is 16.2 Å². The van der Waals surface area contributed by atoms with Crippen molar-refractivity contribution in [1.82, 2.24) is 4.98 Å². The number of rotatable bonds is 3. The van der Waals surface area contributed by atoms with Crippen molar-refractivity contribution in [2.24, 2.45) is 0 Å². The van der Waals surface area contributed by atoms with Gasteiger partial charge in [-0.05, 0) is 32.9 Å². The number of carbonyl (C=O) groups excluding carboxylic acids is 2. The van der Waals surface area contributed by atoms with E-state index >= 15 is 0 Å². The van der Waals surface area contributed by atoms with Gasteiger partial charge in [0.2, 0.25) is 5.91 Å². The van der Waals surface area contributed by atoms with Crippen molar-refractivity contribution in [2.75, 3.05) is 16.8 Å². The number of aromatic nitrogens is 1. The highest BCUT2D eigenvalue weighted by atomic mass is 32.1. The van der Waals surface area contributed by atoms with Gasteiger partial charge >= 0.3 is 0 Å². The van der Waals surface area contributed by atoms with E-state index in [4.69, 9.17) is 4.74 Å². The van der Waals surface area contributed by atoms with E-state index < -0.39 is 6.10 Å². The molecule has 1 unspecified atom stereocenters. The molecule has 0 fully saturated rings. The number of carbonyl (C=O) groups is 2. The van der Waals surface area contributed by atoms with Crippen molar-refractivity contribution in [2.45, 2.75) is 26.9 Å². The minimum atomic E-state index is -0.609. The zero-order chi connectivity index (χ0) is 16.6. The number of benzene rings is 1. The smallest absolute Gasteiger partial charge is 0.268 e. The van der Waals surface area contributed by atoms with Crippen LogP contribution >= 0.6 is 11.3 Å². The van der Waals surface area contributed by atoms with Crippen LogP contribution in [-0.4, -0.2) is 29.4 Å². The first-order valence-electron chi connectivity index (χ1n) is 7.26. The molecular formula is C16H17N3O3S. The topological polar surface area (TPSA) is 71.5 Å². The van der Waals surface area contributed by atoms with Gasteiger partial charge in [0.1, 0.15) is 12.3 Å². The maximum atomic E-state index is 12.3. The molecule has 1 aromatic heterocycles. The number of thiazole rings is 1. The SMILES string of the molecule is Cc1nc(NC(=O)CN2C(=O)C(C)Oc3ccccc32)sc1C. The highest BCUT2D eigenvalue weighted by Crippen LogP contribution is 2.33. The molecule has 0 radical (unpaired) electrons. The van der Waals surface area contributed by atoms with Crippen molar-refractivity contribution in [3.05, 3.63) is 34.8 Å². The molecule has 0 spiro atoms. The lowest BCUT2D eigenvalue weighted by Crippen LogP contribution is -2.47. The van der Waals surface area contributed by atoms with Crippen LogP contribution in [0.2, 0.25) is 0 Å². The Hall–Kier alpha value is -2.41. The first-order chi connectivity index (χ1) is 11.0. The molecule has 0 aliphatic carbocycles. The molecule has 1 atom stereocenters. The van der Waals surface area contributed by atoms with Crippen molar-refractivity contribution in [3.8, 4) is 5.75 Å². The molecule has 2 amide bonds. The lowest BCUT2D eigenvalue weighted by Gasteiger charge is -2.32. The average Bonchev–Trinajstić information content (AvgIpc) is 2.81. The third kappa shape index (κ3) is 3.05. The fourth-order valence-corrected chi connectivity index (χ4v) is 3.18. The number of para-hydroxylation sites is 2. The number of amides is 2. The largest absolute Gasteiger partial charge is 0.479 e. The number of hydrogen-bond acceptors (Lipinski definition) is 5. The highest BCUT2D eigenvalue weighted by molar-refractivity contribution is 7.15. The predicted octanol–water partition coefficient (Wildman–Crippen LogP) is 2.51. The Bertz CT molecular complexity index is 752. The number of anilines is 2. The van der Waals surface area contributed by atoms with Crippen LogP contribution in [0.5, 0.6) is 5.75 Å². The van der Waals surface area contributed by atoms with Gasteiger partial charge in [-0.2, -0.15) is 0 Å². The molecule has 23 heavy (non-hydrogen) atoms. The average molecular weight is 331 g/mol. The number of ether oxygens (including phenoxy) is 1. The minimum absolute atomic E-state index is 0.0682. The molecule has 1 aliphatic heterocycles. The van der Waals surface area contributed by atoms with Gasteiger partial charge in [0.05, 0.1) is 11.4 Å². The van der Waals surface area contributed by atoms with E-state index in [2.05, 4.69) is 10.3 Å². The fourth-order valence-electron chi connectivity index (χ4n) is 2.35. The van der Waals surface area contributed by atoms with Crippen LogP contribution in [0, 0.1) is 13.8 Å². The summed E-state index contributed by atoms with van der Waals surface area (Å²) in [5.74, 6) is 0.0923. The van der Waals surface area contributed by atoms with Gasteiger partial charge in [-0.15, -0.1) is 11.3 Å². The van der Waals surface area contributed by atoms with Crippen LogP contribution in [-0.2, 0) is 9.59 Å². The monoisotopic (exact) mass is 331 g/mol. The van der Waals surface area contributed by atoms with Crippen LogP contribution in [0.1, 0.15) is 17.5 Å². The molecule has 1 aromatic carbocycles. The van der Waals surface area contributed by atoms with E-state index in [0.29, 0.717) is 16.6 Å². The summed E-state index contributed by atoms with van der Waals surface area (Å²) in [5.41, 5.74) is 1.50. The Morgan fingerprint density at radius 3 is 2.83 bits per heavy atom. The van der Waals surface area contributed by atoms with Gasteiger partial charge in [0.25, 0.3) is 5.91 Å². The first kappa shape index (κ1) is 15.5. The molecule has 6 nitrogen and oxygen atoms in total. The van der Waals surface area contributed by atoms with Gasteiger partial charge in [-0.25, -0.2) is 4.98 Å². The third-order valence-corrected chi connectivity index (χ3v) is 4.64. The molecule has 3 rings (SSSR count). The minimum Gasteiger partial charge on any atom is -0.479 e. The maximum absolute atomic E-state index is 12.3. The van der Waals surface area contributed by atoms with Crippen LogP contribution in [0.25, 0.3) is 0 Å². The van der Waals surface area contributed by atoms with E-state index in [1.54, 1.807) is 19.1 Å². The van der Waals surface area contributed by atoms with E-state index in [-0.39, 0.29) is 18.4 Å². The Kier molecular flexibility index (Phi) is 4.04. The van der Waals surface area contributed by atoms with Crippen molar-refractivity contribution in [3.63, 3.8) is 0 Å².